The monoisotopic (exact) mass is 300 g/mol. The van der Waals surface area contributed by atoms with E-state index in [1.807, 2.05) is 0 Å². The predicted octanol–water partition coefficient (Wildman–Crippen LogP) is 3.96. The van der Waals surface area contributed by atoms with Crippen molar-refractivity contribution in [1.29, 1.82) is 0 Å². The molecule has 0 aliphatic rings. The molecule has 2 aromatic carbocycles. The number of benzene rings is 2. The zero-order valence-electron chi connectivity index (χ0n) is 10.8. The van der Waals surface area contributed by atoms with Gasteiger partial charge in [0.05, 0.1) is 5.56 Å². The third kappa shape index (κ3) is 3.95. The topological polar surface area (TPSA) is 29.5 Å². The van der Waals surface area contributed by atoms with E-state index in [9.17, 15) is 22.7 Å². The van der Waals surface area contributed by atoms with Gasteiger partial charge < -0.3 is 9.84 Å². The van der Waals surface area contributed by atoms with E-state index in [-0.39, 0.29) is 17.9 Å². The first kappa shape index (κ1) is 15.3. The van der Waals surface area contributed by atoms with Crippen molar-refractivity contribution in [3.05, 3.63) is 65.5 Å². The molecule has 1 unspecified atom stereocenters. The molecule has 1 N–H and O–H groups in total. The Morgan fingerprint density at radius 1 is 1.00 bits per heavy atom. The first-order valence-corrected chi connectivity index (χ1v) is 6.10. The summed E-state index contributed by atoms with van der Waals surface area (Å²) >= 11 is 0. The highest BCUT2D eigenvalue weighted by Crippen LogP contribution is 2.30. The maximum Gasteiger partial charge on any atom is 0.416 e. The number of ether oxygens (including phenoxy) is 1. The number of aliphatic hydroxyl groups excluding tert-OH is 1. The van der Waals surface area contributed by atoms with Crippen LogP contribution < -0.4 is 4.74 Å². The number of rotatable bonds is 4. The van der Waals surface area contributed by atoms with Crippen molar-refractivity contribution >= 4 is 0 Å². The van der Waals surface area contributed by atoms with Crippen LogP contribution in [0.3, 0.4) is 0 Å². The van der Waals surface area contributed by atoms with Crippen LogP contribution in [-0.4, -0.2) is 11.7 Å². The first-order chi connectivity index (χ1) is 9.88. The zero-order chi connectivity index (χ0) is 15.5. The van der Waals surface area contributed by atoms with Gasteiger partial charge in [-0.25, -0.2) is 4.39 Å². The highest BCUT2D eigenvalue weighted by Gasteiger charge is 2.30. The molecule has 0 saturated heterocycles. The van der Waals surface area contributed by atoms with Crippen molar-refractivity contribution in [1.82, 2.24) is 0 Å². The van der Waals surface area contributed by atoms with E-state index < -0.39 is 23.7 Å². The van der Waals surface area contributed by atoms with E-state index in [1.165, 1.54) is 18.2 Å². The minimum absolute atomic E-state index is 0.0735. The minimum atomic E-state index is -4.41. The number of aliphatic hydroxyl groups is 1. The maximum absolute atomic E-state index is 13.4. The molecule has 6 heteroatoms. The number of hydrogen-bond donors (Lipinski definition) is 1. The molecule has 0 aromatic heterocycles. The second-order valence-corrected chi connectivity index (χ2v) is 4.37. The normalized spacial score (nSPS) is 13.0. The van der Waals surface area contributed by atoms with Gasteiger partial charge in [-0.1, -0.05) is 18.2 Å². The zero-order valence-corrected chi connectivity index (χ0v) is 10.8. The van der Waals surface area contributed by atoms with E-state index in [0.29, 0.717) is 0 Å². The van der Waals surface area contributed by atoms with Crippen molar-refractivity contribution in [3.8, 4) is 5.75 Å². The van der Waals surface area contributed by atoms with Crippen LogP contribution in [0.25, 0.3) is 0 Å². The standard InChI is InChI=1S/C15H12F4O2/c16-13-4-2-1-3-12(13)14(20)9-21-11-7-5-10(6-8-11)15(17,18)19/h1-8,14,20H,9H2. The largest absolute Gasteiger partial charge is 0.491 e. The fourth-order valence-electron chi connectivity index (χ4n) is 1.75. The molecule has 2 rings (SSSR count). The van der Waals surface area contributed by atoms with E-state index in [2.05, 4.69) is 0 Å². The van der Waals surface area contributed by atoms with Gasteiger partial charge in [-0.15, -0.1) is 0 Å². The number of halogens is 4. The van der Waals surface area contributed by atoms with Crippen LogP contribution in [0.1, 0.15) is 17.2 Å². The van der Waals surface area contributed by atoms with E-state index in [0.717, 1.165) is 24.3 Å². The van der Waals surface area contributed by atoms with Gasteiger partial charge in [0.15, 0.2) is 0 Å². The molecule has 21 heavy (non-hydrogen) atoms. The van der Waals surface area contributed by atoms with Gasteiger partial charge in [0.25, 0.3) is 0 Å². The molecule has 0 spiro atoms. The lowest BCUT2D eigenvalue weighted by atomic mass is 10.1. The summed E-state index contributed by atoms with van der Waals surface area (Å²) in [6.07, 6.45) is -5.61. The summed E-state index contributed by atoms with van der Waals surface area (Å²) < 4.78 is 55.7. The molecule has 0 aliphatic heterocycles. The minimum Gasteiger partial charge on any atom is -0.491 e. The molecule has 2 nitrogen and oxygen atoms in total. The van der Waals surface area contributed by atoms with Crippen LogP contribution in [0, 0.1) is 5.82 Å². The highest BCUT2D eigenvalue weighted by atomic mass is 19.4. The Kier molecular flexibility index (Phi) is 4.47. The third-order valence-electron chi connectivity index (χ3n) is 2.85. The average molecular weight is 300 g/mol. The van der Waals surface area contributed by atoms with Gasteiger partial charge in [0.1, 0.15) is 24.3 Å². The Balaban J connectivity index is 1.99. The van der Waals surface area contributed by atoms with Crippen molar-refractivity contribution in [2.75, 3.05) is 6.61 Å². The summed E-state index contributed by atoms with van der Waals surface area (Å²) in [6.45, 7) is -0.258. The molecule has 0 amide bonds. The van der Waals surface area contributed by atoms with Crippen LogP contribution in [0.2, 0.25) is 0 Å². The molecule has 0 aliphatic carbocycles. The smallest absolute Gasteiger partial charge is 0.416 e. The molecular formula is C15H12F4O2. The van der Waals surface area contributed by atoms with Crippen LogP contribution >= 0.6 is 0 Å². The lowest BCUT2D eigenvalue weighted by molar-refractivity contribution is -0.137. The molecular weight excluding hydrogens is 288 g/mol. The molecule has 0 radical (unpaired) electrons. The van der Waals surface area contributed by atoms with Crippen molar-refractivity contribution in [2.45, 2.75) is 12.3 Å². The summed E-state index contributed by atoms with van der Waals surface area (Å²) in [4.78, 5) is 0. The van der Waals surface area contributed by atoms with E-state index in [4.69, 9.17) is 4.74 Å². The predicted molar refractivity (Wildman–Crippen MR) is 68.3 cm³/mol. The average Bonchev–Trinajstić information content (AvgIpc) is 2.45. The molecule has 0 saturated carbocycles. The first-order valence-electron chi connectivity index (χ1n) is 6.10. The van der Waals surface area contributed by atoms with Gasteiger partial charge in [-0.05, 0) is 30.3 Å². The summed E-state index contributed by atoms with van der Waals surface area (Å²) in [5.41, 5.74) is -0.714. The fraction of sp³-hybridized carbons (Fsp3) is 0.200. The lowest BCUT2D eigenvalue weighted by Crippen LogP contribution is -2.11. The molecule has 2 aromatic rings. The SMILES string of the molecule is OC(COc1ccc(C(F)(F)F)cc1)c1ccccc1F. The molecule has 112 valence electrons. The van der Waals surface area contributed by atoms with Crippen molar-refractivity contribution in [2.24, 2.45) is 0 Å². The van der Waals surface area contributed by atoms with E-state index >= 15 is 0 Å². The van der Waals surface area contributed by atoms with Gasteiger partial charge in [0.2, 0.25) is 0 Å². The fourth-order valence-corrected chi connectivity index (χ4v) is 1.75. The molecule has 1 atom stereocenters. The number of alkyl halides is 3. The van der Waals surface area contributed by atoms with Gasteiger partial charge in [-0.2, -0.15) is 13.2 Å². The number of hydrogen-bond acceptors (Lipinski definition) is 2. The Bertz CT molecular complexity index is 593. The molecule has 0 fully saturated rings. The highest BCUT2D eigenvalue weighted by molar-refractivity contribution is 5.29. The summed E-state index contributed by atoms with van der Waals surface area (Å²) in [5, 5.41) is 9.80. The summed E-state index contributed by atoms with van der Waals surface area (Å²) in [5.74, 6) is -0.403. The molecule has 0 bridgehead atoms. The summed E-state index contributed by atoms with van der Waals surface area (Å²) in [6, 6.07) is 9.73. The second kappa shape index (κ2) is 6.13. The van der Waals surface area contributed by atoms with Gasteiger partial charge in [-0.3, -0.25) is 0 Å². The van der Waals surface area contributed by atoms with Crippen LogP contribution in [0.15, 0.2) is 48.5 Å². The lowest BCUT2D eigenvalue weighted by Gasteiger charge is -2.14. The maximum atomic E-state index is 13.4. The Morgan fingerprint density at radius 2 is 1.62 bits per heavy atom. The van der Waals surface area contributed by atoms with Gasteiger partial charge in [0, 0.05) is 5.56 Å². The molecule has 0 heterocycles. The Labute approximate surface area is 118 Å². The van der Waals surface area contributed by atoms with Crippen molar-refractivity contribution < 1.29 is 27.4 Å². The van der Waals surface area contributed by atoms with E-state index in [1.54, 1.807) is 6.07 Å². The van der Waals surface area contributed by atoms with Crippen molar-refractivity contribution in [3.63, 3.8) is 0 Å². The van der Waals surface area contributed by atoms with Crippen LogP contribution in [0.5, 0.6) is 5.75 Å². The second-order valence-electron chi connectivity index (χ2n) is 4.37. The Morgan fingerprint density at radius 3 is 2.19 bits per heavy atom. The van der Waals surface area contributed by atoms with Crippen LogP contribution in [0.4, 0.5) is 17.6 Å². The quantitative estimate of drug-likeness (QED) is 0.866. The van der Waals surface area contributed by atoms with Gasteiger partial charge >= 0.3 is 6.18 Å². The Hall–Kier alpha value is -2.08. The summed E-state index contributed by atoms with van der Waals surface area (Å²) in [7, 11) is 0. The third-order valence-corrected chi connectivity index (χ3v) is 2.85. The van der Waals surface area contributed by atoms with Crippen LogP contribution in [-0.2, 0) is 6.18 Å².